The number of hydrogen-bond donors (Lipinski definition) is 0. The fraction of sp³-hybridized carbons (Fsp3) is 0.176. The zero-order chi connectivity index (χ0) is 14.8. The largest absolute Gasteiger partial charge is 0.493 e. The van der Waals surface area contributed by atoms with Gasteiger partial charge in [-0.25, -0.2) is 0 Å². The van der Waals surface area contributed by atoms with Crippen LogP contribution in [-0.2, 0) is 6.54 Å². The third-order valence-corrected chi connectivity index (χ3v) is 4.15. The lowest BCUT2D eigenvalue weighted by Gasteiger charge is -2.08. The molecule has 3 rings (SSSR count). The van der Waals surface area contributed by atoms with Gasteiger partial charge in [0.15, 0.2) is 0 Å². The van der Waals surface area contributed by atoms with E-state index >= 15 is 0 Å². The zero-order valence-corrected chi connectivity index (χ0v) is 13.2. The second-order valence-electron chi connectivity index (χ2n) is 4.81. The van der Waals surface area contributed by atoms with Crippen molar-refractivity contribution in [1.29, 1.82) is 0 Å². The van der Waals surface area contributed by atoms with Gasteiger partial charge in [-0.1, -0.05) is 35.3 Å². The van der Waals surface area contributed by atoms with E-state index in [-0.39, 0.29) is 0 Å². The van der Waals surface area contributed by atoms with Crippen LogP contribution in [0.3, 0.4) is 0 Å². The summed E-state index contributed by atoms with van der Waals surface area (Å²) in [5, 5.41) is 2.29. The van der Waals surface area contributed by atoms with Crippen LogP contribution in [0.5, 0.6) is 5.75 Å². The molecule has 0 bridgehead atoms. The van der Waals surface area contributed by atoms with Gasteiger partial charge in [-0.15, -0.1) is 0 Å². The summed E-state index contributed by atoms with van der Waals surface area (Å²) in [5.74, 6) is 0.919. The maximum Gasteiger partial charge on any atom is 0.128 e. The molecule has 0 unspecified atom stereocenters. The molecule has 0 saturated heterocycles. The van der Waals surface area contributed by atoms with Crippen LogP contribution in [0, 0.1) is 0 Å². The van der Waals surface area contributed by atoms with Crippen LogP contribution in [0.1, 0.15) is 12.5 Å². The van der Waals surface area contributed by atoms with Gasteiger partial charge in [0.2, 0.25) is 0 Å². The molecule has 0 aliphatic rings. The van der Waals surface area contributed by atoms with Crippen LogP contribution in [0.25, 0.3) is 10.9 Å². The van der Waals surface area contributed by atoms with E-state index < -0.39 is 0 Å². The Morgan fingerprint density at radius 1 is 1.05 bits per heavy atom. The molecular formula is C17H15Cl2NO. The van der Waals surface area contributed by atoms with E-state index in [0.717, 1.165) is 28.8 Å². The highest BCUT2D eigenvalue weighted by molar-refractivity contribution is 6.42. The van der Waals surface area contributed by atoms with Crippen LogP contribution < -0.4 is 4.74 Å². The lowest BCUT2D eigenvalue weighted by molar-refractivity contribution is 0.344. The summed E-state index contributed by atoms with van der Waals surface area (Å²) in [6, 6.07) is 13.9. The first-order chi connectivity index (χ1) is 10.2. The van der Waals surface area contributed by atoms with Gasteiger partial charge < -0.3 is 9.30 Å². The first kappa shape index (κ1) is 14.3. The second-order valence-corrected chi connectivity index (χ2v) is 5.63. The van der Waals surface area contributed by atoms with Crippen molar-refractivity contribution in [2.45, 2.75) is 13.5 Å². The minimum atomic E-state index is 0.580. The lowest BCUT2D eigenvalue weighted by Crippen LogP contribution is -1.98. The molecule has 1 aromatic heterocycles. The molecule has 0 spiro atoms. The molecule has 1 heterocycles. The summed E-state index contributed by atoms with van der Waals surface area (Å²) in [6.07, 6.45) is 2.07. The average molecular weight is 320 g/mol. The normalized spacial score (nSPS) is 11.0. The molecule has 3 aromatic rings. The summed E-state index contributed by atoms with van der Waals surface area (Å²) in [6.45, 7) is 3.40. The zero-order valence-electron chi connectivity index (χ0n) is 11.6. The Kier molecular flexibility index (Phi) is 4.09. The summed E-state index contributed by atoms with van der Waals surface area (Å²) in [4.78, 5) is 0. The van der Waals surface area contributed by atoms with Gasteiger partial charge in [-0.3, -0.25) is 0 Å². The van der Waals surface area contributed by atoms with Crippen molar-refractivity contribution in [3.8, 4) is 5.75 Å². The molecule has 2 aromatic carbocycles. The fourth-order valence-corrected chi connectivity index (χ4v) is 2.77. The number of hydrogen-bond acceptors (Lipinski definition) is 1. The van der Waals surface area contributed by atoms with Crippen molar-refractivity contribution in [3.05, 3.63) is 64.3 Å². The van der Waals surface area contributed by atoms with Crippen molar-refractivity contribution < 1.29 is 4.74 Å². The number of nitrogens with zero attached hydrogens (tertiary/aromatic N) is 1. The highest BCUT2D eigenvalue weighted by atomic mass is 35.5. The third-order valence-electron chi connectivity index (χ3n) is 3.41. The van der Waals surface area contributed by atoms with Crippen molar-refractivity contribution in [1.82, 2.24) is 4.57 Å². The number of benzene rings is 2. The van der Waals surface area contributed by atoms with Crippen LogP contribution in [0.4, 0.5) is 0 Å². The SMILES string of the molecule is CCOc1cccc2c1ccn2Cc1ccc(Cl)c(Cl)c1. The molecule has 4 heteroatoms. The Morgan fingerprint density at radius 3 is 2.67 bits per heavy atom. The van der Waals surface area contributed by atoms with Crippen molar-refractivity contribution in [2.75, 3.05) is 6.61 Å². The van der Waals surface area contributed by atoms with Gasteiger partial charge in [0.25, 0.3) is 0 Å². The third kappa shape index (κ3) is 2.87. The number of aromatic nitrogens is 1. The van der Waals surface area contributed by atoms with Gasteiger partial charge in [-0.2, -0.15) is 0 Å². The molecule has 108 valence electrons. The van der Waals surface area contributed by atoms with Crippen molar-refractivity contribution >= 4 is 34.1 Å². The monoisotopic (exact) mass is 319 g/mol. The molecule has 0 saturated carbocycles. The topological polar surface area (TPSA) is 14.2 Å². The molecule has 0 aliphatic heterocycles. The van der Waals surface area contributed by atoms with Crippen LogP contribution >= 0.6 is 23.2 Å². The van der Waals surface area contributed by atoms with Gasteiger partial charge in [0.05, 0.1) is 22.2 Å². The van der Waals surface area contributed by atoms with Gasteiger partial charge >= 0.3 is 0 Å². The Labute approximate surface area is 133 Å². The van der Waals surface area contributed by atoms with E-state index in [2.05, 4.69) is 22.9 Å². The lowest BCUT2D eigenvalue weighted by atomic mass is 10.2. The molecule has 0 radical (unpaired) electrons. The highest BCUT2D eigenvalue weighted by Crippen LogP contribution is 2.28. The number of halogens is 2. The maximum absolute atomic E-state index is 6.08. The molecule has 0 fully saturated rings. The Balaban J connectivity index is 1.97. The molecule has 21 heavy (non-hydrogen) atoms. The highest BCUT2D eigenvalue weighted by Gasteiger charge is 2.07. The minimum Gasteiger partial charge on any atom is -0.493 e. The van der Waals surface area contributed by atoms with E-state index in [0.29, 0.717) is 16.7 Å². The summed E-state index contributed by atoms with van der Waals surface area (Å²) in [7, 11) is 0. The molecule has 0 N–H and O–H groups in total. The van der Waals surface area contributed by atoms with Crippen molar-refractivity contribution in [2.24, 2.45) is 0 Å². The van der Waals surface area contributed by atoms with Gasteiger partial charge in [-0.05, 0) is 42.8 Å². The second kappa shape index (κ2) is 6.00. The maximum atomic E-state index is 6.08. The first-order valence-corrected chi connectivity index (χ1v) is 7.59. The minimum absolute atomic E-state index is 0.580. The molecule has 0 aliphatic carbocycles. The average Bonchev–Trinajstić information content (AvgIpc) is 2.88. The number of fused-ring (bicyclic) bond motifs is 1. The first-order valence-electron chi connectivity index (χ1n) is 6.83. The van der Waals surface area contributed by atoms with Crippen LogP contribution in [-0.4, -0.2) is 11.2 Å². The van der Waals surface area contributed by atoms with E-state index in [4.69, 9.17) is 27.9 Å². The number of rotatable bonds is 4. The predicted molar refractivity (Wildman–Crippen MR) is 88.7 cm³/mol. The number of ether oxygens (including phenoxy) is 1. The summed E-state index contributed by atoms with van der Waals surface area (Å²) in [5.41, 5.74) is 2.26. The molecule has 0 atom stereocenters. The molecular weight excluding hydrogens is 305 g/mol. The van der Waals surface area contributed by atoms with E-state index in [1.54, 1.807) is 0 Å². The smallest absolute Gasteiger partial charge is 0.128 e. The van der Waals surface area contributed by atoms with E-state index in [1.807, 2.05) is 37.3 Å². The fourth-order valence-electron chi connectivity index (χ4n) is 2.45. The van der Waals surface area contributed by atoms with Crippen molar-refractivity contribution in [3.63, 3.8) is 0 Å². The Bertz CT molecular complexity index is 780. The van der Waals surface area contributed by atoms with Crippen LogP contribution in [0.15, 0.2) is 48.7 Å². The van der Waals surface area contributed by atoms with Gasteiger partial charge in [0.1, 0.15) is 5.75 Å². The molecule has 2 nitrogen and oxygen atoms in total. The predicted octanol–water partition coefficient (Wildman–Crippen LogP) is 5.40. The standard InChI is InChI=1S/C17H15Cl2NO/c1-2-21-17-5-3-4-16-13(17)8-9-20(16)11-12-6-7-14(18)15(19)10-12/h3-10H,2,11H2,1H3. The Morgan fingerprint density at radius 2 is 1.90 bits per heavy atom. The van der Waals surface area contributed by atoms with Gasteiger partial charge in [0, 0.05) is 18.1 Å². The van der Waals surface area contributed by atoms with E-state index in [9.17, 15) is 0 Å². The Hall–Kier alpha value is -1.64. The molecule has 0 amide bonds. The quantitative estimate of drug-likeness (QED) is 0.628. The summed E-state index contributed by atoms with van der Waals surface area (Å²) >= 11 is 12.0. The van der Waals surface area contributed by atoms with Crippen LogP contribution in [0.2, 0.25) is 10.0 Å². The van der Waals surface area contributed by atoms with E-state index in [1.165, 1.54) is 0 Å². The summed E-state index contributed by atoms with van der Waals surface area (Å²) < 4.78 is 7.84.